The number of rotatable bonds is 2. The number of aromatic nitrogens is 1. The van der Waals surface area contributed by atoms with Gasteiger partial charge in [0.1, 0.15) is 0 Å². The van der Waals surface area contributed by atoms with Crippen LogP contribution in [0.5, 0.6) is 0 Å². The summed E-state index contributed by atoms with van der Waals surface area (Å²) in [5.74, 6) is 0.484. The van der Waals surface area contributed by atoms with Crippen molar-refractivity contribution in [2.45, 2.75) is 18.9 Å². The van der Waals surface area contributed by atoms with Crippen molar-refractivity contribution in [3.05, 3.63) is 30.5 Å². The summed E-state index contributed by atoms with van der Waals surface area (Å²) < 4.78 is 23.4. The van der Waals surface area contributed by atoms with Crippen LogP contribution in [-0.2, 0) is 9.84 Å². The second-order valence-corrected chi connectivity index (χ2v) is 7.43. The van der Waals surface area contributed by atoms with E-state index in [1.807, 2.05) is 24.3 Å². The first-order chi connectivity index (χ1) is 9.55. The zero-order valence-corrected chi connectivity index (χ0v) is 11.9. The van der Waals surface area contributed by atoms with E-state index in [1.54, 1.807) is 6.20 Å². The van der Waals surface area contributed by atoms with E-state index < -0.39 is 9.84 Å². The van der Waals surface area contributed by atoms with Gasteiger partial charge in [0.05, 0.1) is 22.7 Å². The van der Waals surface area contributed by atoms with Crippen LogP contribution in [0.1, 0.15) is 12.8 Å². The molecule has 1 aromatic carbocycles. The van der Waals surface area contributed by atoms with E-state index in [9.17, 15) is 8.42 Å². The van der Waals surface area contributed by atoms with Gasteiger partial charge >= 0.3 is 0 Å². The lowest BCUT2D eigenvalue weighted by Crippen LogP contribution is -2.34. The Hall–Kier alpha value is -1.82. The Morgan fingerprint density at radius 1 is 1.30 bits per heavy atom. The second-order valence-electron chi connectivity index (χ2n) is 5.20. The van der Waals surface area contributed by atoms with Gasteiger partial charge in [0, 0.05) is 23.3 Å². The van der Waals surface area contributed by atoms with Gasteiger partial charge in [-0.1, -0.05) is 0 Å². The van der Waals surface area contributed by atoms with E-state index in [-0.39, 0.29) is 11.8 Å². The van der Waals surface area contributed by atoms with Gasteiger partial charge in [-0.25, -0.2) is 8.42 Å². The summed E-state index contributed by atoms with van der Waals surface area (Å²) in [5, 5.41) is 4.19. The van der Waals surface area contributed by atoms with Gasteiger partial charge in [0.2, 0.25) is 0 Å². The predicted molar refractivity (Wildman–Crippen MR) is 81.5 cm³/mol. The molecular weight excluding hydrogens is 274 g/mol. The van der Waals surface area contributed by atoms with Crippen LogP contribution >= 0.6 is 0 Å². The zero-order chi connectivity index (χ0) is 14.2. The average Bonchev–Trinajstić information content (AvgIpc) is 2.41. The number of fused-ring (bicyclic) bond motifs is 1. The van der Waals surface area contributed by atoms with Crippen LogP contribution in [0.2, 0.25) is 0 Å². The van der Waals surface area contributed by atoms with Crippen LogP contribution in [0, 0.1) is 0 Å². The topological polar surface area (TPSA) is 85.1 Å². The first-order valence-corrected chi connectivity index (χ1v) is 8.47. The third-order valence-corrected chi connectivity index (χ3v) is 5.45. The Labute approximate surface area is 118 Å². The highest BCUT2D eigenvalue weighted by atomic mass is 32.2. The largest absolute Gasteiger partial charge is 0.398 e. The maximum absolute atomic E-state index is 11.7. The standard InChI is InChI=1S/C14H17N3O2S/c15-12-5-6-13(14-11(12)4-1-7-16-14)17-10-3-2-8-20(18,19)9-10/h1,4-7,10,17H,2-3,8-9,15H2. The van der Waals surface area contributed by atoms with Crippen molar-refractivity contribution in [2.75, 3.05) is 22.6 Å². The van der Waals surface area contributed by atoms with Crippen molar-refractivity contribution >= 4 is 32.1 Å². The zero-order valence-electron chi connectivity index (χ0n) is 11.0. The monoisotopic (exact) mass is 291 g/mol. The molecule has 3 N–H and O–H groups in total. The lowest BCUT2D eigenvalue weighted by Gasteiger charge is -2.24. The summed E-state index contributed by atoms with van der Waals surface area (Å²) in [5.41, 5.74) is 8.25. The average molecular weight is 291 g/mol. The van der Waals surface area contributed by atoms with Gasteiger partial charge in [-0.05, 0) is 37.1 Å². The number of pyridine rings is 1. The van der Waals surface area contributed by atoms with Crippen LogP contribution in [0.25, 0.3) is 10.9 Å². The van der Waals surface area contributed by atoms with Crippen molar-refractivity contribution < 1.29 is 8.42 Å². The van der Waals surface area contributed by atoms with Crippen molar-refractivity contribution in [3.8, 4) is 0 Å². The normalized spacial score (nSPS) is 21.7. The van der Waals surface area contributed by atoms with E-state index in [4.69, 9.17) is 5.73 Å². The maximum Gasteiger partial charge on any atom is 0.152 e. The van der Waals surface area contributed by atoms with Crippen LogP contribution in [0.3, 0.4) is 0 Å². The minimum absolute atomic E-state index is 0.0532. The number of sulfone groups is 1. The van der Waals surface area contributed by atoms with Gasteiger partial charge in [-0.2, -0.15) is 0 Å². The Balaban J connectivity index is 1.93. The number of nitrogens with two attached hydrogens (primary N) is 1. The fourth-order valence-electron chi connectivity index (χ4n) is 2.67. The number of hydrogen-bond acceptors (Lipinski definition) is 5. The molecule has 1 unspecified atom stereocenters. The molecule has 2 heterocycles. The molecule has 1 aromatic heterocycles. The van der Waals surface area contributed by atoms with Gasteiger partial charge < -0.3 is 11.1 Å². The third kappa shape index (κ3) is 2.56. The van der Waals surface area contributed by atoms with E-state index >= 15 is 0 Å². The molecule has 2 aromatic rings. The molecule has 1 aliphatic heterocycles. The molecule has 1 atom stereocenters. The summed E-state index contributed by atoms with van der Waals surface area (Å²) in [6.45, 7) is 0. The van der Waals surface area contributed by atoms with E-state index in [0.717, 1.165) is 23.0 Å². The molecular formula is C14H17N3O2S. The number of anilines is 2. The molecule has 0 radical (unpaired) electrons. The summed E-state index contributed by atoms with van der Waals surface area (Å²) in [6.07, 6.45) is 3.28. The SMILES string of the molecule is Nc1ccc(NC2CCCS(=O)(=O)C2)c2ncccc12. The second kappa shape index (κ2) is 4.94. The highest BCUT2D eigenvalue weighted by Crippen LogP contribution is 2.28. The number of nitrogens with zero attached hydrogens (tertiary/aromatic N) is 1. The molecule has 0 saturated carbocycles. The first-order valence-electron chi connectivity index (χ1n) is 6.65. The fourth-order valence-corrected chi connectivity index (χ4v) is 4.30. The Morgan fingerprint density at radius 3 is 2.95 bits per heavy atom. The third-order valence-electron chi connectivity index (χ3n) is 3.63. The Bertz CT molecular complexity index is 743. The number of benzene rings is 1. The maximum atomic E-state index is 11.7. The molecule has 0 amide bonds. The van der Waals surface area contributed by atoms with Crippen LogP contribution in [0.4, 0.5) is 11.4 Å². The summed E-state index contributed by atoms with van der Waals surface area (Å²) >= 11 is 0. The van der Waals surface area contributed by atoms with Crippen molar-refractivity contribution in [2.24, 2.45) is 0 Å². The smallest absolute Gasteiger partial charge is 0.152 e. The highest BCUT2D eigenvalue weighted by molar-refractivity contribution is 7.91. The summed E-state index contributed by atoms with van der Waals surface area (Å²) in [6, 6.07) is 7.39. The molecule has 3 rings (SSSR count). The van der Waals surface area contributed by atoms with Gasteiger partial charge in [0.25, 0.3) is 0 Å². The Morgan fingerprint density at radius 2 is 2.15 bits per heavy atom. The number of nitrogens with one attached hydrogen (secondary N) is 1. The Kier molecular flexibility index (Phi) is 3.25. The predicted octanol–water partition coefficient (Wildman–Crippen LogP) is 1.81. The van der Waals surface area contributed by atoms with Crippen molar-refractivity contribution in [3.63, 3.8) is 0 Å². The molecule has 0 bridgehead atoms. The molecule has 5 nitrogen and oxygen atoms in total. The van der Waals surface area contributed by atoms with Crippen LogP contribution < -0.4 is 11.1 Å². The van der Waals surface area contributed by atoms with Crippen molar-refractivity contribution in [1.82, 2.24) is 4.98 Å². The molecule has 0 spiro atoms. The van der Waals surface area contributed by atoms with Gasteiger partial charge in [-0.15, -0.1) is 0 Å². The van der Waals surface area contributed by atoms with E-state index in [1.165, 1.54) is 0 Å². The van der Waals surface area contributed by atoms with Gasteiger partial charge in [0.15, 0.2) is 9.84 Å². The van der Waals surface area contributed by atoms with Crippen molar-refractivity contribution in [1.29, 1.82) is 0 Å². The number of hydrogen-bond donors (Lipinski definition) is 2. The molecule has 1 saturated heterocycles. The molecule has 20 heavy (non-hydrogen) atoms. The molecule has 106 valence electrons. The minimum atomic E-state index is -2.92. The molecule has 0 aliphatic carbocycles. The molecule has 1 fully saturated rings. The van der Waals surface area contributed by atoms with Gasteiger partial charge in [-0.3, -0.25) is 4.98 Å². The quantitative estimate of drug-likeness (QED) is 0.824. The van der Waals surface area contributed by atoms with E-state index in [2.05, 4.69) is 10.3 Å². The summed E-state index contributed by atoms with van der Waals surface area (Å²) in [4.78, 5) is 4.35. The molecule has 1 aliphatic rings. The number of nitrogen functional groups attached to an aromatic ring is 1. The minimum Gasteiger partial charge on any atom is -0.398 e. The fraction of sp³-hybridized carbons (Fsp3) is 0.357. The van der Waals surface area contributed by atoms with Crippen LogP contribution in [0.15, 0.2) is 30.5 Å². The van der Waals surface area contributed by atoms with Crippen LogP contribution in [-0.4, -0.2) is 30.9 Å². The lowest BCUT2D eigenvalue weighted by molar-refractivity contribution is 0.562. The van der Waals surface area contributed by atoms with E-state index in [0.29, 0.717) is 17.9 Å². The summed E-state index contributed by atoms with van der Waals surface area (Å²) in [7, 11) is -2.92. The molecule has 6 heteroatoms. The first kappa shape index (κ1) is 13.2. The highest BCUT2D eigenvalue weighted by Gasteiger charge is 2.25. The lowest BCUT2D eigenvalue weighted by atomic mass is 10.1.